The van der Waals surface area contributed by atoms with Crippen LogP contribution in [0.2, 0.25) is 5.02 Å². The molecule has 0 radical (unpaired) electrons. The van der Waals surface area contributed by atoms with Gasteiger partial charge in [-0.25, -0.2) is 4.98 Å². The molecule has 0 fully saturated rings. The zero-order valence-electron chi connectivity index (χ0n) is 10.2. The molecular formula is C14H13ClN2O2. The molecule has 2 rings (SSSR count). The van der Waals surface area contributed by atoms with Crippen molar-refractivity contribution in [3.63, 3.8) is 0 Å². The van der Waals surface area contributed by atoms with Crippen molar-refractivity contribution in [1.82, 2.24) is 4.98 Å². The Hall–Kier alpha value is -2.07. The lowest BCUT2D eigenvalue weighted by Gasteiger charge is -2.09. The van der Waals surface area contributed by atoms with Gasteiger partial charge in [-0.15, -0.1) is 0 Å². The summed E-state index contributed by atoms with van der Waals surface area (Å²) in [7, 11) is 0. The topological polar surface area (TPSA) is 51.2 Å². The fourth-order valence-electron chi connectivity index (χ4n) is 1.50. The minimum Gasteiger partial charge on any atom is -0.492 e. The van der Waals surface area contributed by atoms with Gasteiger partial charge in [-0.3, -0.25) is 4.79 Å². The lowest BCUT2D eigenvalue weighted by molar-refractivity contribution is 0.112. The van der Waals surface area contributed by atoms with Crippen molar-refractivity contribution < 1.29 is 9.53 Å². The van der Waals surface area contributed by atoms with Gasteiger partial charge in [0.2, 0.25) is 0 Å². The van der Waals surface area contributed by atoms with Gasteiger partial charge in [-0.2, -0.15) is 0 Å². The summed E-state index contributed by atoms with van der Waals surface area (Å²) < 4.78 is 5.52. The molecule has 2 aromatic rings. The average molecular weight is 277 g/mol. The third-order valence-corrected chi connectivity index (χ3v) is 2.69. The number of hydrogen-bond acceptors (Lipinski definition) is 4. The van der Waals surface area contributed by atoms with Gasteiger partial charge in [0, 0.05) is 11.8 Å². The molecule has 1 heterocycles. The minimum atomic E-state index is 0.421. The monoisotopic (exact) mass is 276 g/mol. The molecule has 1 N–H and O–H groups in total. The predicted molar refractivity (Wildman–Crippen MR) is 75.1 cm³/mol. The zero-order valence-corrected chi connectivity index (χ0v) is 10.9. The molecule has 0 aliphatic rings. The van der Waals surface area contributed by atoms with E-state index in [1.807, 2.05) is 30.3 Å². The molecule has 0 saturated heterocycles. The maximum atomic E-state index is 10.5. The lowest BCUT2D eigenvalue weighted by atomic mass is 10.3. The Balaban J connectivity index is 1.81. The van der Waals surface area contributed by atoms with Crippen molar-refractivity contribution >= 4 is 23.7 Å². The zero-order chi connectivity index (χ0) is 13.5. The predicted octanol–water partition coefficient (Wildman–Crippen LogP) is 3.04. The molecule has 0 amide bonds. The maximum Gasteiger partial charge on any atom is 0.151 e. The lowest BCUT2D eigenvalue weighted by Crippen LogP contribution is -2.12. The van der Waals surface area contributed by atoms with Crippen LogP contribution in [0.1, 0.15) is 10.4 Å². The second-order valence-electron chi connectivity index (χ2n) is 3.81. The van der Waals surface area contributed by atoms with Crippen LogP contribution in [0.5, 0.6) is 5.75 Å². The number of carbonyl (C=O) groups excluding carboxylic acids is 1. The quantitative estimate of drug-likeness (QED) is 0.651. The first-order valence-corrected chi connectivity index (χ1v) is 6.20. The fraction of sp³-hybridized carbons (Fsp3) is 0.143. The van der Waals surface area contributed by atoms with Gasteiger partial charge in [0.05, 0.1) is 11.6 Å². The summed E-state index contributed by atoms with van der Waals surface area (Å²) in [5.74, 6) is 1.36. The summed E-state index contributed by atoms with van der Waals surface area (Å²) in [5, 5.41) is 3.47. The summed E-state index contributed by atoms with van der Waals surface area (Å²) in [4.78, 5) is 14.6. The number of nitrogens with zero attached hydrogens (tertiary/aromatic N) is 1. The van der Waals surface area contributed by atoms with Gasteiger partial charge in [-0.05, 0) is 18.2 Å². The highest BCUT2D eigenvalue weighted by atomic mass is 35.5. The molecule has 4 nitrogen and oxygen atoms in total. The first-order valence-electron chi connectivity index (χ1n) is 5.82. The summed E-state index contributed by atoms with van der Waals surface area (Å²) >= 11 is 5.98. The Kier molecular flexibility index (Phi) is 4.75. The summed E-state index contributed by atoms with van der Waals surface area (Å²) in [6.07, 6.45) is 2.18. The van der Waals surface area contributed by atoms with Crippen LogP contribution >= 0.6 is 11.6 Å². The number of nitrogens with one attached hydrogen (secondary N) is 1. The fourth-order valence-corrected chi connectivity index (χ4v) is 1.74. The van der Waals surface area contributed by atoms with Crippen molar-refractivity contribution in [1.29, 1.82) is 0 Å². The largest absolute Gasteiger partial charge is 0.492 e. The van der Waals surface area contributed by atoms with E-state index in [1.165, 1.54) is 6.20 Å². The number of aromatic nitrogens is 1. The van der Waals surface area contributed by atoms with Crippen LogP contribution in [0.4, 0.5) is 5.82 Å². The Labute approximate surface area is 116 Å². The van der Waals surface area contributed by atoms with Crippen molar-refractivity contribution in [3.8, 4) is 5.75 Å². The number of rotatable bonds is 6. The number of para-hydroxylation sites is 1. The van der Waals surface area contributed by atoms with Crippen LogP contribution in [-0.2, 0) is 0 Å². The maximum absolute atomic E-state index is 10.5. The van der Waals surface area contributed by atoms with Gasteiger partial charge in [0.15, 0.2) is 6.29 Å². The van der Waals surface area contributed by atoms with Crippen LogP contribution in [0.25, 0.3) is 0 Å². The Morgan fingerprint density at radius 3 is 2.79 bits per heavy atom. The van der Waals surface area contributed by atoms with E-state index in [9.17, 15) is 4.79 Å². The molecule has 0 atom stereocenters. The second kappa shape index (κ2) is 6.75. The number of anilines is 1. The first-order chi connectivity index (χ1) is 9.29. The van der Waals surface area contributed by atoms with E-state index in [4.69, 9.17) is 16.3 Å². The van der Waals surface area contributed by atoms with Crippen LogP contribution in [0.3, 0.4) is 0 Å². The number of carbonyl (C=O) groups is 1. The number of hydrogen-bond donors (Lipinski definition) is 1. The number of pyridine rings is 1. The number of benzene rings is 1. The van der Waals surface area contributed by atoms with E-state index in [0.29, 0.717) is 35.8 Å². The smallest absolute Gasteiger partial charge is 0.151 e. The molecule has 0 aliphatic carbocycles. The van der Waals surface area contributed by atoms with Crippen molar-refractivity contribution in [3.05, 3.63) is 53.2 Å². The summed E-state index contributed by atoms with van der Waals surface area (Å²) in [6.45, 7) is 1.07. The molecule has 1 aromatic heterocycles. The highest BCUT2D eigenvalue weighted by molar-refractivity contribution is 6.33. The third-order valence-electron chi connectivity index (χ3n) is 2.40. The Morgan fingerprint density at radius 2 is 2.11 bits per heavy atom. The second-order valence-corrected chi connectivity index (χ2v) is 4.21. The van der Waals surface area contributed by atoms with Crippen molar-refractivity contribution in [2.45, 2.75) is 0 Å². The summed E-state index contributed by atoms with van der Waals surface area (Å²) in [6, 6.07) is 11.1. The molecule has 0 unspecified atom stereocenters. The van der Waals surface area contributed by atoms with Gasteiger partial charge in [-0.1, -0.05) is 29.8 Å². The van der Waals surface area contributed by atoms with Crippen LogP contribution in [0.15, 0.2) is 42.6 Å². The van der Waals surface area contributed by atoms with Gasteiger partial charge < -0.3 is 10.1 Å². The SMILES string of the molecule is O=Cc1cnc(NCCOc2ccccc2)c(Cl)c1. The first kappa shape index (κ1) is 13.4. The highest BCUT2D eigenvalue weighted by Gasteiger charge is 2.02. The number of halogens is 1. The third kappa shape index (κ3) is 3.96. The molecule has 19 heavy (non-hydrogen) atoms. The number of ether oxygens (including phenoxy) is 1. The van der Waals surface area contributed by atoms with E-state index >= 15 is 0 Å². The molecule has 0 bridgehead atoms. The normalized spacial score (nSPS) is 9.95. The highest BCUT2D eigenvalue weighted by Crippen LogP contribution is 2.19. The van der Waals surface area contributed by atoms with Crippen LogP contribution in [0, 0.1) is 0 Å². The van der Waals surface area contributed by atoms with Crippen molar-refractivity contribution in [2.24, 2.45) is 0 Å². The van der Waals surface area contributed by atoms with E-state index < -0.39 is 0 Å². The van der Waals surface area contributed by atoms with E-state index in [0.717, 1.165) is 5.75 Å². The molecule has 1 aromatic carbocycles. The van der Waals surface area contributed by atoms with E-state index in [-0.39, 0.29) is 0 Å². The van der Waals surface area contributed by atoms with E-state index in [1.54, 1.807) is 6.07 Å². The molecule has 0 aliphatic heterocycles. The van der Waals surface area contributed by atoms with Gasteiger partial charge >= 0.3 is 0 Å². The minimum absolute atomic E-state index is 0.421. The molecule has 0 spiro atoms. The van der Waals surface area contributed by atoms with Crippen LogP contribution in [-0.4, -0.2) is 24.4 Å². The summed E-state index contributed by atoms with van der Waals surface area (Å²) in [5.41, 5.74) is 0.455. The molecule has 0 saturated carbocycles. The molecule has 5 heteroatoms. The van der Waals surface area contributed by atoms with E-state index in [2.05, 4.69) is 10.3 Å². The Bertz CT molecular complexity index is 546. The van der Waals surface area contributed by atoms with Gasteiger partial charge in [0.25, 0.3) is 0 Å². The van der Waals surface area contributed by atoms with Gasteiger partial charge in [0.1, 0.15) is 18.2 Å². The average Bonchev–Trinajstić information content (AvgIpc) is 2.46. The molecule has 98 valence electrons. The Morgan fingerprint density at radius 1 is 1.32 bits per heavy atom. The van der Waals surface area contributed by atoms with Crippen molar-refractivity contribution in [2.75, 3.05) is 18.5 Å². The van der Waals surface area contributed by atoms with Crippen LogP contribution < -0.4 is 10.1 Å². The standard InChI is InChI=1S/C14H13ClN2O2/c15-13-8-11(10-18)9-17-14(13)16-6-7-19-12-4-2-1-3-5-12/h1-5,8-10H,6-7H2,(H,16,17). The molecular weight excluding hydrogens is 264 g/mol. The number of aldehydes is 1.